The number of aromatic nitrogens is 2. The number of methoxy groups -OCH3 is 2. The van der Waals surface area contributed by atoms with Gasteiger partial charge < -0.3 is 19.7 Å². The fourth-order valence-corrected chi connectivity index (χ4v) is 3.12. The lowest BCUT2D eigenvalue weighted by Gasteiger charge is -2.32. The molecule has 0 spiro atoms. The molecule has 27 heavy (non-hydrogen) atoms. The van der Waals surface area contributed by atoms with E-state index in [-0.39, 0.29) is 11.9 Å². The van der Waals surface area contributed by atoms with Crippen molar-refractivity contribution >= 4 is 17.9 Å². The SMILES string of the molecule is COc1ccc(OC)c(C=CC(=O)NC2CCCN(c3ncccn3)C2)c1. The third-order valence-corrected chi connectivity index (χ3v) is 4.45. The number of benzene rings is 1. The molecule has 3 rings (SSSR count). The maximum absolute atomic E-state index is 12.4. The van der Waals surface area contributed by atoms with Gasteiger partial charge >= 0.3 is 0 Å². The summed E-state index contributed by atoms with van der Waals surface area (Å²) in [5, 5.41) is 3.06. The molecule has 0 saturated carbocycles. The Bertz CT molecular complexity index is 795. The van der Waals surface area contributed by atoms with E-state index in [4.69, 9.17) is 9.47 Å². The molecular formula is C20H24N4O3. The van der Waals surface area contributed by atoms with Gasteiger partial charge in [-0.3, -0.25) is 4.79 Å². The van der Waals surface area contributed by atoms with Crippen LogP contribution < -0.4 is 19.7 Å². The molecule has 0 aliphatic carbocycles. The topological polar surface area (TPSA) is 76.6 Å². The first-order valence-corrected chi connectivity index (χ1v) is 8.92. The number of nitrogens with zero attached hydrogens (tertiary/aromatic N) is 3. The van der Waals surface area contributed by atoms with E-state index in [1.165, 1.54) is 6.08 Å². The molecule has 1 aromatic carbocycles. The van der Waals surface area contributed by atoms with Crippen molar-refractivity contribution in [2.75, 3.05) is 32.2 Å². The van der Waals surface area contributed by atoms with Crippen LogP contribution in [-0.2, 0) is 4.79 Å². The van der Waals surface area contributed by atoms with Crippen LogP contribution in [0.15, 0.2) is 42.7 Å². The number of hydrogen-bond acceptors (Lipinski definition) is 6. The first kappa shape index (κ1) is 18.7. The Hall–Kier alpha value is -3.09. The smallest absolute Gasteiger partial charge is 0.244 e. The molecule has 1 fully saturated rings. The summed E-state index contributed by atoms with van der Waals surface area (Å²) in [5.41, 5.74) is 0.787. The summed E-state index contributed by atoms with van der Waals surface area (Å²) in [6, 6.07) is 7.32. The number of piperidine rings is 1. The van der Waals surface area contributed by atoms with Crippen LogP contribution in [0, 0.1) is 0 Å². The van der Waals surface area contributed by atoms with E-state index in [1.54, 1.807) is 38.8 Å². The highest BCUT2D eigenvalue weighted by Crippen LogP contribution is 2.25. The summed E-state index contributed by atoms with van der Waals surface area (Å²) >= 11 is 0. The van der Waals surface area contributed by atoms with Crippen LogP contribution in [-0.4, -0.2) is 49.2 Å². The van der Waals surface area contributed by atoms with Crippen LogP contribution in [0.5, 0.6) is 11.5 Å². The van der Waals surface area contributed by atoms with Crippen molar-refractivity contribution in [3.05, 3.63) is 48.3 Å². The molecular weight excluding hydrogens is 344 g/mol. The molecule has 7 heteroatoms. The van der Waals surface area contributed by atoms with Gasteiger partial charge in [0.25, 0.3) is 0 Å². The van der Waals surface area contributed by atoms with Crippen LogP contribution in [0.1, 0.15) is 18.4 Å². The predicted octanol–water partition coefficient (Wildman–Crippen LogP) is 2.29. The van der Waals surface area contributed by atoms with Crippen molar-refractivity contribution < 1.29 is 14.3 Å². The molecule has 142 valence electrons. The first-order chi connectivity index (χ1) is 13.2. The summed E-state index contributed by atoms with van der Waals surface area (Å²) in [4.78, 5) is 23.0. The summed E-state index contributed by atoms with van der Waals surface area (Å²) in [6.45, 7) is 1.60. The van der Waals surface area contributed by atoms with E-state index in [0.29, 0.717) is 24.0 Å². The van der Waals surface area contributed by atoms with E-state index in [2.05, 4.69) is 20.2 Å². The van der Waals surface area contributed by atoms with Crippen molar-refractivity contribution in [2.24, 2.45) is 0 Å². The van der Waals surface area contributed by atoms with Crippen LogP contribution in [0.4, 0.5) is 5.95 Å². The van der Waals surface area contributed by atoms with Gasteiger partial charge in [-0.05, 0) is 43.2 Å². The summed E-state index contributed by atoms with van der Waals surface area (Å²) < 4.78 is 10.6. The molecule has 1 aromatic heterocycles. The van der Waals surface area contributed by atoms with Gasteiger partial charge in [0.15, 0.2) is 0 Å². The van der Waals surface area contributed by atoms with Crippen LogP contribution in [0.3, 0.4) is 0 Å². The largest absolute Gasteiger partial charge is 0.497 e. The molecule has 1 amide bonds. The van der Waals surface area contributed by atoms with Gasteiger partial charge in [-0.2, -0.15) is 0 Å². The Morgan fingerprint density at radius 3 is 2.81 bits per heavy atom. The van der Waals surface area contributed by atoms with Gasteiger partial charge in [0.1, 0.15) is 11.5 Å². The highest BCUT2D eigenvalue weighted by Gasteiger charge is 2.22. The van der Waals surface area contributed by atoms with Gasteiger partial charge in [-0.1, -0.05) is 0 Å². The normalized spacial score (nSPS) is 17.0. The van der Waals surface area contributed by atoms with Gasteiger partial charge in [0, 0.05) is 43.2 Å². The Morgan fingerprint density at radius 1 is 1.26 bits per heavy atom. The molecule has 1 atom stereocenters. The molecule has 2 aromatic rings. The lowest BCUT2D eigenvalue weighted by molar-refractivity contribution is -0.117. The Balaban J connectivity index is 1.61. The summed E-state index contributed by atoms with van der Waals surface area (Å²) in [7, 11) is 3.20. The molecule has 1 saturated heterocycles. The quantitative estimate of drug-likeness (QED) is 0.789. The highest BCUT2D eigenvalue weighted by atomic mass is 16.5. The first-order valence-electron chi connectivity index (χ1n) is 8.92. The van der Waals surface area contributed by atoms with E-state index in [9.17, 15) is 4.79 Å². The third kappa shape index (κ3) is 4.97. The molecule has 0 radical (unpaired) electrons. The third-order valence-electron chi connectivity index (χ3n) is 4.45. The molecule has 1 aliphatic heterocycles. The number of hydrogen-bond donors (Lipinski definition) is 1. The molecule has 2 heterocycles. The van der Waals surface area contributed by atoms with Crippen LogP contribution >= 0.6 is 0 Å². The minimum absolute atomic E-state index is 0.0620. The van der Waals surface area contributed by atoms with Gasteiger partial charge in [0.05, 0.1) is 14.2 Å². The van der Waals surface area contributed by atoms with Gasteiger partial charge in [-0.15, -0.1) is 0 Å². The average molecular weight is 368 g/mol. The number of amides is 1. The van der Waals surface area contributed by atoms with Crippen molar-refractivity contribution in [1.82, 2.24) is 15.3 Å². The number of nitrogens with one attached hydrogen (secondary N) is 1. The van der Waals surface area contributed by atoms with Crippen molar-refractivity contribution in [3.8, 4) is 11.5 Å². The standard InChI is InChI=1S/C20H24N4O3/c1-26-17-7-8-18(27-2)15(13-17)6-9-19(25)23-16-5-3-12-24(14-16)20-21-10-4-11-22-20/h4,6-11,13,16H,3,5,12,14H2,1-2H3,(H,23,25). The lowest BCUT2D eigenvalue weighted by Crippen LogP contribution is -2.47. The zero-order valence-corrected chi connectivity index (χ0v) is 15.6. The van der Waals surface area contributed by atoms with Gasteiger partial charge in [0.2, 0.25) is 11.9 Å². The van der Waals surface area contributed by atoms with Crippen LogP contribution in [0.25, 0.3) is 6.08 Å². The minimum Gasteiger partial charge on any atom is -0.497 e. The van der Waals surface area contributed by atoms with Crippen molar-refractivity contribution in [1.29, 1.82) is 0 Å². The minimum atomic E-state index is -0.138. The molecule has 7 nitrogen and oxygen atoms in total. The highest BCUT2D eigenvalue weighted by molar-refractivity contribution is 5.92. The van der Waals surface area contributed by atoms with E-state index in [0.717, 1.165) is 24.9 Å². The monoisotopic (exact) mass is 368 g/mol. The molecule has 1 unspecified atom stereocenters. The fraction of sp³-hybridized carbons (Fsp3) is 0.350. The van der Waals surface area contributed by atoms with E-state index < -0.39 is 0 Å². The average Bonchev–Trinajstić information content (AvgIpc) is 2.73. The van der Waals surface area contributed by atoms with Gasteiger partial charge in [-0.25, -0.2) is 9.97 Å². The number of carbonyl (C=O) groups excluding carboxylic acids is 1. The van der Waals surface area contributed by atoms with E-state index >= 15 is 0 Å². The zero-order chi connectivity index (χ0) is 19.1. The second-order valence-electron chi connectivity index (χ2n) is 6.28. The molecule has 1 N–H and O–H groups in total. The zero-order valence-electron chi connectivity index (χ0n) is 15.6. The Labute approximate surface area is 159 Å². The predicted molar refractivity (Wildman–Crippen MR) is 104 cm³/mol. The maximum atomic E-state index is 12.4. The lowest BCUT2D eigenvalue weighted by atomic mass is 10.1. The second kappa shape index (κ2) is 9.02. The fourth-order valence-electron chi connectivity index (χ4n) is 3.12. The number of rotatable bonds is 6. The Kier molecular flexibility index (Phi) is 6.25. The van der Waals surface area contributed by atoms with Crippen molar-refractivity contribution in [2.45, 2.75) is 18.9 Å². The Morgan fingerprint density at radius 2 is 2.07 bits per heavy atom. The summed E-state index contributed by atoms with van der Waals surface area (Å²) in [5.74, 6) is 1.96. The van der Waals surface area contributed by atoms with Crippen LogP contribution in [0.2, 0.25) is 0 Å². The molecule has 0 bridgehead atoms. The summed E-state index contributed by atoms with van der Waals surface area (Å²) in [6.07, 6.45) is 8.64. The van der Waals surface area contributed by atoms with Crippen molar-refractivity contribution in [3.63, 3.8) is 0 Å². The maximum Gasteiger partial charge on any atom is 0.244 e. The van der Waals surface area contributed by atoms with E-state index in [1.807, 2.05) is 18.2 Å². The number of ether oxygens (including phenoxy) is 2. The number of carbonyl (C=O) groups is 1. The second-order valence-corrected chi connectivity index (χ2v) is 6.28. The number of anilines is 1. The molecule has 1 aliphatic rings.